The van der Waals surface area contributed by atoms with Gasteiger partial charge in [-0.25, -0.2) is 0 Å². The normalized spacial score (nSPS) is 54.7. The fourth-order valence-corrected chi connectivity index (χ4v) is 15.3. The van der Waals surface area contributed by atoms with Crippen molar-refractivity contribution in [2.45, 2.75) is 160 Å². The molecule has 41 heavy (non-hydrogen) atoms. The van der Waals surface area contributed by atoms with Gasteiger partial charge in [0, 0.05) is 0 Å². The minimum Gasteiger partial charge on any atom is -0.0651 e. The zero-order valence-corrected chi connectivity index (χ0v) is 30.1. The van der Waals surface area contributed by atoms with Gasteiger partial charge < -0.3 is 0 Å². The fourth-order valence-electron chi connectivity index (χ4n) is 15.3. The molecule has 5 aliphatic rings. The second-order valence-corrected chi connectivity index (χ2v) is 19.2. The van der Waals surface area contributed by atoms with E-state index in [1.54, 1.807) is 0 Å². The Morgan fingerprint density at radius 1 is 0.707 bits per heavy atom. The third kappa shape index (κ3) is 5.34. The second kappa shape index (κ2) is 11.7. The van der Waals surface area contributed by atoms with Crippen molar-refractivity contribution in [1.29, 1.82) is 0 Å². The third-order valence-corrected chi connectivity index (χ3v) is 16.8. The van der Waals surface area contributed by atoms with Crippen molar-refractivity contribution in [2.75, 3.05) is 0 Å². The molecule has 0 nitrogen and oxygen atoms in total. The van der Waals surface area contributed by atoms with Gasteiger partial charge in [-0.3, -0.25) is 0 Å². The van der Waals surface area contributed by atoms with Crippen LogP contribution in [-0.2, 0) is 0 Å². The molecule has 5 aliphatic carbocycles. The molecule has 0 amide bonds. The van der Waals surface area contributed by atoms with Crippen LogP contribution < -0.4 is 0 Å². The van der Waals surface area contributed by atoms with Gasteiger partial charge in [-0.05, 0) is 144 Å². The maximum atomic E-state index is 2.80. The Labute approximate surface area is 258 Å². The van der Waals surface area contributed by atoms with E-state index in [1.165, 1.54) is 77.0 Å². The minimum atomic E-state index is 0.461. The maximum absolute atomic E-state index is 2.80. The molecular weight excluding hydrogens is 492 g/mol. The van der Waals surface area contributed by atoms with Gasteiger partial charge in [0.15, 0.2) is 0 Å². The Hall–Kier alpha value is 0. The molecule has 0 bridgehead atoms. The molecule has 0 saturated heterocycles. The van der Waals surface area contributed by atoms with Crippen LogP contribution in [0.15, 0.2) is 0 Å². The highest BCUT2D eigenvalue weighted by Crippen LogP contribution is 2.75. The lowest BCUT2D eigenvalue weighted by molar-refractivity contribution is -0.246. The Morgan fingerprint density at radius 2 is 1.34 bits per heavy atom. The van der Waals surface area contributed by atoms with Crippen LogP contribution in [-0.4, -0.2) is 0 Å². The summed E-state index contributed by atoms with van der Waals surface area (Å²) < 4.78 is 0. The molecule has 5 saturated carbocycles. The smallest absolute Gasteiger partial charge is 0.0215 e. The Kier molecular flexibility index (Phi) is 9.27. The van der Waals surface area contributed by atoms with Gasteiger partial charge in [-0.2, -0.15) is 0 Å². The maximum Gasteiger partial charge on any atom is -0.0215 e. The van der Waals surface area contributed by atoms with Crippen molar-refractivity contribution < 1.29 is 0 Å². The summed E-state index contributed by atoms with van der Waals surface area (Å²) in [6.07, 6.45) is 18.1. The van der Waals surface area contributed by atoms with Gasteiger partial charge in [0.2, 0.25) is 0 Å². The first-order valence-electron chi connectivity index (χ1n) is 19.2. The highest BCUT2D eigenvalue weighted by molar-refractivity contribution is 5.16. The summed E-state index contributed by atoms with van der Waals surface area (Å²) in [6, 6.07) is 0. The fraction of sp³-hybridized carbons (Fsp3) is 1.00. The summed E-state index contributed by atoms with van der Waals surface area (Å²) in [6.45, 7) is 32.0. The summed E-state index contributed by atoms with van der Waals surface area (Å²) >= 11 is 0. The standard InChI is InChI=1S/C41H74/c1-13-32-14-16-33(17-15-32)20-26(4)21-34-18-19-35-23-39(10)24-40(11)22-27(5)36(25(2)3)30(8)41(40,12)31(9)38(39)29(7)37(35)28(34)6/h25-38H,13-24H2,1-12H3. The van der Waals surface area contributed by atoms with Gasteiger partial charge in [0.05, 0.1) is 0 Å². The summed E-state index contributed by atoms with van der Waals surface area (Å²) in [5.41, 5.74) is 1.49. The van der Waals surface area contributed by atoms with Crippen molar-refractivity contribution in [3.8, 4) is 0 Å². The molecule has 0 aromatic carbocycles. The van der Waals surface area contributed by atoms with E-state index in [1.807, 2.05) is 0 Å². The first-order valence-corrected chi connectivity index (χ1v) is 19.2. The highest BCUT2D eigenvalue weighted by atomic mass is 14.7. The molecule has 0 spiro atoms. The summed E-state index contributed by atoms with van der Waals surface area (Å²) in [7, 11) is 0. The first kappa shape index (κ1) is 32.4. The average molecular weight is 567 g/mol. The van der Waals surface area contributed by atoms with E-state index >= 15 is 0 Å². The van der Waals surface area contributed by atoms with E-state index in [0.29, 0.717) is 16.2 Å². The van der Waals surface area contributed by atoms with Crippen LogP contribution in [0.25, 0.3) is 0 Å². The highest BCUT2D eigenvalue weighted by Gasteiger charge is 2.68. The van der Waals surface area contributed by atoms with Crippen molar-refractivity contribution in [3.05, 3.63) is 0 Å². The lowest BCUT2D eigenvalue weighted by atomic mass is 9.32. The molecule has 0 aromatic rings. The molecule has 0 aliphatic heterocycles. The Balaban J connectivity index is 1.32. The molecule has 5 rings (SSSR count). The summed E-state index contributed by atoms with van der Waals surface area (Å²) in [5, 5.41) is 0. The molecule has 14 atom stereocenters. The average Bonchev–Trinajstić information content (AvgIpc) is 2.88. The quantitative estimate of drug-likeness (QED) is 0.300. The molecule has 0 heterocycles. The van der Waals surface area contributed by atoms with Crippen molar-refractivity contribution in [3.63, 3.8) is 0 Å². The van der Waals surface area contributed by atoms with Crippen LogP contribution in [0.3, 0.4) is 0 Å². The Morgan fingerprint density at radius 3 is 1.95 bits per heavy atom. The van der Waals surface area contributed by atoms with Crippen molar-refractivity contribution in [1.82, 2.24) is 0 Å². The van der Waals surface area contributed by atoms with Gasteiger partial charge in [-0.15, -0.1) is 0 Å². The number of fused-ring (bicyclic) bond motifs is 3. The monoisotopic (exact) mass is 567 g/mol. The van der Waals surface area contributed by atoms with Crippen molar-refractivity contribution in [2.24, 2.45) is 99.1 Å². The second-order valence-electron chi connectivity index (χ2n) is 19.2. The number of rotatable bonds is 6. The van der Waals surface area contributed by atoms with E-state index < -0.39 is 0 Å². The molecule has 14 unspecified atom stereocenters. The summed E-state index contributed by atoms with van der Waals surface area (Å²) in [5.74, 6) is 12.8. The van der Waals surface area contributed by atoms with E-state index in [9.17, 15) is 0 Å². The predicted molar refractivity (Wildman–Crippen MR) is 180 cm³/mol. The molecule has 0 heteroatoms. The topological polar surface area (TPSA) is 0 Å². The van der Waals surface area contributed by atoms with E-state index in [4.69, 9.17) is 0 Å². The predicted octanol–water partition coefficient (Wildman–Crippen LogP) is 12.6. The first-order chi connectivity index (χ1) is 19.2. The van der Waals surface area contributed by atoms with Crippen LogP contribution in [0.5, 0.6) is 0 Å². The zero-order valence-electron chi connectivity index (χ0n) is 30.1. The molecule has 0 radical (unpaired) electrons. The largest absolute Gasteiger partial charge is 0.0651 e. The lowest BCUT2D eigenvalue weighted by Crippen LogP contribution is -2.66. The molecule has 0 aromatic heterocycles. The van der Waals surface area contributed by atoms with Crippen LogP contribution in [0.2, 0.25) is 0 Å². The Bertz CT molecular complexity index is 878. The van der Waals surface area contributed by atoms with Crippen LogP contribution in [0.1, 0.15) is 160 Å². The lowest BCUT2D eigenvalue weighted by Gasteiger charge is -2.73. The SMILES string of the molecule is CCC1CCC(CC(C)CC2CCC3CC4(C)CC5(C)CC(C)C(C(C)C)C(C)C5(C)C(C)C4C(C)C3C2C)CC1. The molecule has 5 fully saturated rings. The van der Waals surface area contributed by atoms with Gasteiger partial charge in [0.1, 0.15) is 0 Å². The van der Waals surface area contributed by atoms with Gasteiger partial charge >= 0.3 is 0 Å². The minimum absolute atomic E-state index is 0.461. The van der Waals surface area contributed by atoms with Gasteiger partial charge in [-0.1, -0.05) is 115 Å². The van der Waals surface area contributed by atoms with Crippen LogP contribution in [0, 0.1) is 99.1 Å². The molecule has 238 valence electrons. The van der Waals surface area contributed by atoms with Gasteiger partial charge in [0.25, 0.3) is 0 Å². The van der Waals surface area contributed by atoms with E-state index in [0.717, 1.165) is 82.9 Å². The summed E-state index contributed by atoms with van der Waals surface area (Å²) in [4.78, 5) is 0. The van der Waals surface area contributed by atoms with Crippen molar-refractivity contribution >= 4 is 0 Å². The van der Waals surface area contributed by atoms with E-state index in [2.05, 4.69) is 83.1 Å². The third-order valence-electron chi connectivity index (χ3n) is 16.8. The zero-order chi connectivity index (χ0) is 30.1. The van der Waals surface area contributed by atoms with Crippen LogP contribution >= 0.6 is 0 Å². The number of hydrogen-bond donors (Lipinski definition) is 0. The molecule has 0 N–H and O–H groups in total. The number of hydrogen-bond acceptors (Lipinski definition) is 0. The van der Waals surface area contributed by atoms with Crippen LogP contribution in [0.4, 0.5) is 0 Å². The molecular formula is C41H74. The van der Waals surface area contributed by atoms with E-state index in [-0.39, 0.29) is 0 Å².